The molecule has 1 amide bonds. The third kappa shape index (κ3) is 4.19. The van der Waals surface area contributed by atoms with E-state index in [1.54, 1.807) is 25.2 Å². The van der Waals surface area contributed by atoms with Gasteiger partial charge in [-0.1, -0.05) is 23.7 Å². The van der Waals surface area contributed by atoms with E-state index in [-0.39, 0.29) is 17.5 Å². The molecule has 6 nitrogen and oxygen atoms in total. The molecule has 156 valence electrons. The van der Waals surface area contributed by atoms with Crippen LogP contribution in [0.3, 0.4) is 0 Å². The Bertz CT molecular complexity index is 1210. The van der Waals surface area contributed by atoms with Crippen LogP contribution in [0, 0.1) is 4.77 Å². The van der Waals surface area contributed by atoms with Crippen molar-refractivity contribution in [1.29, 1.82) is 0 Å². The summed E-state index contributed by atoms with van der Waals surface area (Å²) < 4.78 is 1.70. The van der Waals surface area contributed by atoms with E-state index in [9.17, 15) is 9.59 Å². The molecule has 8 heteroatoms. The first kappa shape index (κ1) is 20.8. The Labute approximate surface area is 184 Å². The molecule has 2 N–H and O–H groups in total. The van der Waals surface area contributed by atoms with Gasteiger partial charge in [-0.2, -0.15) is 0 Å². The van der Waals surface area contributed by atoms with Crippen molar-refractivity contribution >= 4 is 40.6 Å². The van der Waals surface area contributed by atoms with Crippen LogP contribution >= 0.6 is 23.8 Å². The standard InChI is InChI=1S/C22H23ClN4O2S/c1-26-21(29)17-8-7-15(12-18(17)25-22(26)30)20(28)24-13-19(27-9-2-3-10-27)14-5-4-6-16(23)11-14/h4-8,11-12,19H,2-3,9-10,13H2,1H3,(H,24,28)(H,25,30). The minimum atomic E-state index is -0.192. The first-order valence-electron chi connectivity index (χ1n) is 9.95. The average Bonchev–Trinajstić information content (AvgIpc) is 3.26. The largest absolute Gasteiger partial charge is 0.350 e. The molecular weight excluding hydrogens is 420 g/mol. The summed E-state index contributed by atoms with van der Waals surface area (Å²) in [6.45, 7) is 2.48. The van der Waals surface area contributed by atoms with Crippen LogP contribution in [0.15, 0.2) is 47.3 Å². The van der Waals surface area contributed by atoms with E-state index >= 15 is 0 Å². The molecule has 30 heavy (non-hydrogen) atoms. The molecule has 1 aliphatic rings. The summed E-state index contributed by atoms with van der Waals surface area (Å²) in [5.41, 5.74) is 1.95. The maximum absolute atomic E-state index is 12.9. The topological polar surface area (TPSA) is 70.1 Å². The monoisotopic (exact) mass is 442 g/mol. The van der Waals surface area contributed by atoms with Crippen LogP contribution in [0.5, 0.6) is 0 Å². The van der Waals surface area contributed by atoms with Crippen LogP contribution in [0.25, 0.3) is 10.9 Å². The van der Waals surface area contributed by atoms with E-state index in [4.69, 9.17) is 23.8 Å². The molecule has 0 spiro atoms. The molecule has 1 atom stereocenters. The lowest BCUT2D eigenvalue weighted by atomic mass is 10.0. The molecule has 2 heterocycles. The van der Waals surface area contributed by atoms with E-state index in [1.807, 2.05) is 24.3 Å². The number of aromatic amines is 1. The van der Waals surface area contributed by atoms with E-state index in [0.717, 1.165) is 31.5 Å². The zero-order valence-corrected chi connectivity index (χ0v) is 18.2. The van der Waals surface area contributed by atoms with Crippen LogP contribution < -0.4 is 10.9 Å². The van der Waals surface area contributed by atoms with Gasteiger partial charge in [-0.05, 0) is 74.0 Å². The first-order chi connectivity index (χ1) is 14.4. The fourth-order valence-corrected chi connectivity index (χ4v) is 4.36. The Balaban J connectivity index is 1.57. The number of hydrogen-bond acceptors (Lipinski definition) is 4. The van der Waals surface area contributed by atoms with Gasteiger partial charge in [-0.25, -0.2) is 0 Å². The zero-order chi connectivity index (χ0) is 21.3. The highest BCUT2D eigenvalue weighted by Crippen LogP contribution is 2.26. The Morgan fingerprint density at radius 2 is 2.00 bits per heavy atom. The van der Waals surface area contributed by atoms with E-state index in [2.05, 4.69) is 15.2 Å². The van der Waals surface area contributed by atoms with Crippen molar-refractivity contribution in [2.45, 2.75) is 18.9 Å². The van der Waals surface area contributed by atoms with Crippen molar-refractivity contribution in [2.24, 2.45) is 7.05 Å². The molecular formula is C22H23ClN4O2S. The Kier molecular flexibility index (Phi) is 6.04. The molecule has 1 saturated heterocycles. The number of carbonyl (C=O) groups excluding carboxylic acids is 1. The van der Waals surface area contributed by atoms with Crippen molar-refractivity contribution in [1.82, 2.24) is 19.8 Å². The van der Waals surface area contributed by atoms with Gasteiger partial charge in [0.25, 0.3) is 11.5 Å². The van der Waals surface area contributed by atoms with Crippen LogP contribution in [-0.4, -0.2) is 40.0 Å². The van der Waals surface area contributed by atoms with Crippen molar-refractivity contribution in [3.63, 3.8) is 0 Å². The van der Waals surface area contributed by atoms with Crippen LogP contribution in [0.2, 0.25) is 5.02 Å². The van der Waals surface area contributed by atoms with Gasteiger partial charge in [0.2, 0.25) is 0 Å². The van der Waals surface area contributed by atoms with Crippen molar-refractivity contribution in [3.05, 3.63) is 73.7 Å². The van der Waals surface area contributed by atoms with Gasteiger partial charge < -0.3 is 10.3 Å². The zero-order valence-electron chi connectivity index (χ0n) is 16.7. The fraction of sp³-hybridized carbons (Fsp3) is 0.318. The van der Waals surface area contributed by atoms with Crippen LogP contribution in [-0.2, 0) is 7.05 Å². The summed E-state index contributed by atoms with van der Waals surface area (Å²) in [5.74, 6) is -0.192. The molecule has 1 fully saturated rings. The minimum absolute atomic E-state index is 0.0636. The minimum Gasteiger partial charge on any atom is -0.350 e. The summed E-state index contributed by atoms with van der Waals surface area (Å²) in [5, 5.41) is 4.24. The number of carbonyl (C=O) groups is 1. The lowest BCUT2D eigenvalue weighted by molar-refractivity contribution is 0.0938. The fourth-order valence-electron chi connectivity index (χ4n) is 3.96. The average molecular weight is 443 g/mol. The number of benzene rings is 2. The summed E-state index contributed by atoms with van der Waals surface area (Å²) in [6, 6.07) is 12.9. The molecule has 1 unspecified atom stereocenters. The SMILES string of the molecule is Cn1c(=S)[nH]c2cc(C(=O)NCC(c3cccc(Cl)c3)N3CCCC3)ccc2c1=O. The van der Waals surface area contributed by atoms with Gasteiger partial charge in [0.05, 0.1) is 16.9 Å². The number of rotatable bonds is 5. The quantitative estimate of drug-likeness (QED) is 0.589. The van der Waals surface area contributed by atoms with Crippen LogP contribution in [0.1, 0.15) is 34.8 Å². The number of halogens is 1. The summed E-state index contributed by atoms with van der Waals surface area (Å²) >= 11 is 11.4. The number of fused-ring (bicyclic) bond motifs is 1. The normalized spacial score (nSPS) is 15.4. The molecule has 0 radical (unpaired) electrons. The summed E-state index contributed by atoms with van der Waals surface area (Å²) in [7, 11) is 1.62. The van der Waals surface area contributed by atoms with Gasteiger partial charge in [0, 0.05) is 24.2 Å². The molecule has 1 aromatic heterocycles. The van der Waals surface area contributed by atoms with Gasteiger partial charge in [0.15, 0.2) is 4.77 Å². The van der Waals surface area contributed by atoms with Crippen molar-refractivity contribution in [3.8, 4) is 0 Å². The van der Waals surface area contributed by atoms with E-state index in [0.29, 0.717) is 32.8 Å². The molecule has 0 saturated carbocycles. The van der Waals surface area contributed by atoms with Gasteiger partial charge in [-0.3, -0.25) is 19.1 Å². The number of hydrogen-bond donors (Lipinski definition) is 2. The second-order valence-electron chi connectivity index (χ2n) is 7.58. The van der Waals surface area contributed by atoms with Gasteiger partial charge in [-0.15, -0.1) is 0 Å². The third-order valence-corrected chi connectivity index (χ3v) is 6.24. The molecule has 0 bridgehead atoms. The molecule has 3 aromatic rings. The van der Waals surface area contributed by atoms with Crippen molar-refractivity contribution < 1.29 is 4.79 Å². The highest BCUT2D eigenvalue weighted by atomic mass is 35.5. The number of likely N-dealkylation sites (tertiary alicyclic amines) is 1. The maximum atomic E-state index is 12.9. The van der Waals surface area contributed by atoms with Crippen molar-refractivity contribution in [2.75, 3.05) is 19.6 Å². The van der Waals surface area contributed by atoms with E-state index in [1.165, 1.54) is 4.57 Å². The van der Waals surface area contributed by atoms with Gasteiger partial charge in [0.1, 0.15) is 0 Å². The summed E-state index contributed by atoms with van der Waals surface area (Å²) in [4.78, 5) is 30.6. The second-order valence-corrected chi connectivity index (χ2v) is 8.40. The number of nitrogens with one attached hydrogen (secondary N) is 2. The number of nitrogens with zero attached hydrogens (tertiary/aromatic N) is 2. The smallest absolute Gasteiger partial charge is 0.261 e. The third-order valence-electron chi connectivity index (χ3n) is 5.63. The Morgan fingerprint density at radius 1 is 1.23 bits per heavy atom. The molecule has 1 aliphatic heterocycles. The molecule has 2 aromatic carbocycles. The van der Waals surface area contributed by atoms with Crippen LogP contribution in [0.4, 0.5) is 0 Å². The highest BCUT2D eigenvalue weighted by molar-refractivity contribution is 7.71. The number of aromatic nitrogens is 2. The number of amides is 1. The maximum Gasteiger partial charge on any atom is 0.261 e. The number of H-pyrrole nitrogens is 1. The Hall–Kier alpha value is -2.48. The van der Waals surface area contributed by atoms with E-state index < -0.39 is 0 Å². The predicted molar refractivity (Wildman–Crippen MR) is 122 cm³/mol. The first-order valence-corrected chi connectivity index (χ1v) is 10.7. The Morgan fingerprint density at radius 3 is 2.73 bits per heavy atom. The lowest BCUT2D eigenvalue weighted by Crippen LogP contribution is -2.36. The second kappa shape index (κ2) is 8.71. The summed E-state index contributed by atoms with van der Waals surface area (Å²) in [6.07, 6.45) is 2.31. The highest BCUT2D eigenvalue weighted by Gasteiger charge is 2.24. The lowest BCUT2D eigenvalue weighted by Gasteiger charge is -2.28. The van der Waals surface area contributed by atoms with Gasteiger partial charge >= 0.3 is 0 Å². The molecule has 0 aliphatic carbocycles. The predicted octanol–water partition coefficient (Wildman–Crippen LogP) is 3.82. The molecule has 4 rings (SSSR count).